The topological polar surface area (TPSA) is 74.8 Å². The van der Waals surface area contributed by atoms with Crippen LogP contribution in [-0.2, 0) is 26.6 Å². The molecule has 0 spiro atoms. The molecule has 0 amide bonds. The first-order valence-electron chi connectivity index (χ1n) is 11.5. The van der Waals surface area contributed by atoms with Crippen molar-refractivity contribution in [2.24, 2.45) is 5.92 Å². The minimum Gasteiger partial charge on any atom is -0.207 e. The zero-order valence-electron chi connectivity index (χ0n) is 18.9. The average molecular weight is 511 g/mol. The Bertz CT molecular complexity index is 1160. The van der Waals surface area contributed by atoms with Crippen LogP contribution in [0.3, 0.4) is 0 Å². The van der Waals surface area contributed by atoms with Gasteiger partial charge in [-0.2, -0.15) is 8.61 Å². The summed E-state index contributed by atoms with van der Waals surface area (Å²) in [6.45, 7) is 3.31. The number of rotatable bonds is 7. The molecule has 4 rings (SSSR count). The van der Waals surface area contributed by atoms with Crippen LogP contribution in [0.1, 0.15) is 51.0 Å². The normalized spacial score (nSPS) is 21.0. The van der Waals surface area contributed by atoms with Crippen LogP contribution in [0.15, 0.2) is 58.3 Å². The Hall–Kier alpha value is -1.45. The fourth-order valence-electron chi connectivity index (χ4n) is 4.80. The minimum absolute atomic E-state index is 0.0658. The van der Waals surface area contributed by atoms with Gasteiger partial charge >= 0.3 is 0 Å². The van der Waals surface area contributed by atoms with E-state index in [1.807, 2.05) is 12.1 Å². The molecule has 9 heteroatoms. The Labute approximate surface area is 202 Å². The van der Waals surface area contributed by atoms with Crippen molar-refractivity contribution in [1.82, 2.24) is 8.61 Å². The van der Waals surface area contributed by atoms with Gasteiger partial charge in [-0.25, -0.2) is 16.8 Å². The van der Waals surface area contributed by atoms with Gasteiger partial charge < -0.3 is 0 Å². The van der Waals surface area contributed by atoms with Crippen LogP contribution in [0.2, 0.25) is 5.02 Å². The first-order chi connectivity index (χ1) is 15.7. The average Bonchev–Trinajstić information content (AvgIpc) is 3.33. The summed E-state index contributed by atoms with van der Waals surface area (Å²) in [6.07, 6.45) is 5.52. The first-order valence-corrected chi connectivity index (χ1v) is 14.8. The lowest BCUT2D eigenvalue weighted by Gasteiger charge is -2.30. The van der Waals surface area contributed by atoms with Gasteiger partial charge in [0.15, 0.2) is 0 Å². The van der Waals surface area contributed by atoms with E-state index in [2.05, 4.69) is 6.92 Å². The molecule has 1 saturated carbocycles. The quantitative estimate of drug-likeness (QED) is 0.531. The highest BCUT2D eigenvalue weighted by Crippen LogP contribution is 2.31. The lowest BCUT2D eigenvalue weighted by molar-refractivity contribution is 0.281. The van der Waals surface area contributed by atoms with Crippen LogP contribution in [0.25, 0.3) is 0 Å². The Kier molecular flexibility index (Phi) is 7.50. The van der Waals surface area contributed by atoms with E-state index in [0.717, 1.165) is 44.1 Å². The van der Waals surface area contributed by atoms with Crippen molar-refractivity contribution >= 4 is 31.6 Å². The highest BCUT2D eigenvalue weighted by molar-refractivity contribution is 7.89. The number of halogens is 1. The van der Waals surface area contributed by atoms with Crippen molar-refractivity contribution in [3.8, 4) is 0 Å². The number of hydrogen-bond acceptors (Lipinski definition) is 4. The van der Waals surface area contributed by atoms with E-state index in [1.54, 1.807) is 16.4 Å². The Morgan fingerprint density at radius 1 is 0.879 bits per heavy atom. The summed E-state index contributed by atoms with van der Waals surface area (Å²) in [5, 5.41) is 0.605. The summed E-state index contributed by atoms with van der Waals surface area (Å²) < 4.78 is 56.5. The molecule has 1 heterocycles. The van der Waals surface area contributed by atoms with Crippen molar-refractivity contribution in [3.05, 3.63) is 59.1 Å². The molecular weight excluding hydrogens is 480 g/mol. The second kappa shape index (κ2) is 10.0. The van der Waals surface area contributed by atoms with Gasteiger partial charge in [0.1, 0.15) is 0 Å². The third-order valence-electron chi connectivity index (χ3n) is 6.67. The van der Waals surface area contributed by atoms with Gasteiger partial charge in [-0.15, -0.1) is 0 Å². The molecule has 2 aromatic carbocycles. The van der Waals surface area contributed by atoms with Crippen molar-refractivity contribution in [2.45, 2.75) is 67.8 Å². The second-order valence-corrected chi connectivity index (χ2v) is 13.5. The van der Waals surface area contributed by atoms with Crippen LogP contribution in [0.5, 0.6) is 0 Å². The van der Waals surface area contributed by atoms with Crippen LogP contribution < -0.4 is 0 Å². The van der Waals surface area contributed by atoms with Crippen molar-refractivity contribution in [2.75, 3.05) is 13.1 Å². The SMILES string of the molecule is C[C@H]1CCCN(S(=O)(=O)c2ccc(S(=O)(=O)N(Cc3ccc(Cl)cc3)C3CCCC3)cc2)C1. The molecule has 0 aromatic heterocycles. The molecule has 0 bridgehead atoms. The molecule has 1 aliphatic carbocycles. The Morgan fingerprint density at radius 3 is 2.09 bits per heavy atom. The van der Waals surface area contributed by atoms with Gasteiger partial charge in [-0.3, -0.25) is 0 Å². The third-order valence-corrected chi connectivity index (χ3v) is 10.7. The fourth-order valence-corrected chi connectivity index (χ4v) is 8.20. The molecular formula is C24H31ClN2O4S2. The summed E-state index contributed by atoms with van der Waals surface area (Å²) in [6, 6.07) is 12.9. The number of hydrogen-bond donors (Lipinski definition) is 0. The Morgan fingerprint density at radius 2 is 1.48 bits per heavy atom. The number of piperidine rings is 1. The number of sulfonamides is 2. The lowest BCUT2D eigenvalue weighted by Crippen LogP contribution is -2.39. The monoisotopic (exact) mass is 510 g/mol. The molecule has 1 aliphatic heterocycles. The van der Waals surface area contributed by atoms with Gasteiger partial charge in [-0.05, 0) is 73.6 Å². The lowest BCUT2D eigenvalue weighted by atomic mass is 10.0. The van der Waals surface area contributed by atoms with E-state index in [-0.39, 0.29) is 22.4 Å². The maximum absolute atomic E-state index is 13.6. The number of benzene rings is 2. The molecule has 1 atom stereocenters. The maximum Gasteiger partial charge on any atom is 0.243 e. The molecule has 0 radical (unpaired) electrons. The van der Waals surface area contributed by atoms with E-state index < -0.39 is 20.0 Å². The first kappa shape index (κ1) is 24.7. The van der Waals surface area contributed by atoms with Crippen molar-refractivity contribution in [3.63, 3.8) is 0 Å². The van der Waals surface area contributed by atoms with Crippen LogP contribution in [0.4, 0.5) is 0 Å². The highest BCUT2D eigenvalue weighted by Gasteiger charge is 2.34. The predicted octanol–water partition coefficient (Wildman–Crippen LogP) is 4.89. The van der Waals surface area contributed by atoms with E-state index in [1.165, 1.54) is 28.6 Å². The largest absolute Gasteiger partial charge is 0.243 e. The third kappa shape index (κ3) is 5.46. The van der Waals surface area contributed by atoms with Crippen molar-refractivity contribution in [1.29, 1.82) is 0 Å². The van der Waals surface area contributed by atoms with Crippen LogP contribution >= 0.6 is 11.6 Å². The molecule has 6 nitrogen and oxygen atoms in total. The summed E-state index contributed by atoms with van der Waals surface area (Å²) >= 11 is 5.99. The smallest absolute Gasteiger partial charge is 0.207 e. The molecule has 180 valence electrons. The standard InChI is InChI=1S/C24H31ClN2O4S2/c1-19-5-4-16-26(17-19)32(28,29)23-12-14-24(15-13-23)33(30,31)27(22-6-2-3-7-22)18-20-8-10-21(25)11-9-20/h8-15,19,22H,2-7,16-18H2,1H3/t19-/m0/s1. The van der Waals surface area contributed by atoms with Gasteiger partial charge in [0.05, 0.1) is 9.79 Å². The van der Waals surface area contributed by atoms with Crippen LogP contribution in [0, 0.1) is 5.92 Å². The highest BCUT2D eigenvalue weighted by atomic mass is 35.5. The Balaban J connectivity index is 1.60. The molecule has 0 unspecified atom stereocenters. The van der Waals surface area contributed by atoms with E-state index >= 15 is 0 Å². The fraction of sp³-hybridized carbons (Fsp3) is 0.500. The van der Waals surface area contributed by atoms with E-state index in [9.17, 15) is 16.8 Å². The van der Waals surface area contributed by atoms with Crippen molar-refractivity contribution < 1.29 is 16.8 Å². The molecule has 1 saturated heterocycles. The molecule has 2 aromatic rings. The molecule has 0 N–H and O–H groups in total. The summed E-state index contributed by atoms with van der Waals surface area (Å²) in [4.78, 5) is 0.259. The summed E-state index contributed by atoms with van der Waals surface area (Å²) in [5.41, 5.74) is 0.869. The van der Waals surface area contributed by atoms with Gasteiger partial charge in [0, 0.05) is 30.7 Å². The zero-order valence-corrected chi connectivity index (χ0v) is 21.2. The maximum atomic E-state index is 13.6. The van der Waals surface area contributed by atoms with E-state index in [4.69, 9.17) is 11.6 Å². The second-order valence-electron chi connectivity index (χ2n) is 9.20. The van der Waals surface area contributed by atoms with E-state index in [0.29, 0.717) is 24.0 Å². The van der Waals surface area contributed by atoms with Gasteiger partial charge in [0.2, 0.25) is 20.0 Å². The summed E-state index contributed by atoms with van der Waals surface area (Å²) in [7, 11) is -7.43. The zero-order chi connectivity index (χ0) is 23.6. The molecule has 33 heavy (non-hydrogen) atoms. The van der Waals surface area contributed by atoms with Crippen LogP contribution in [-0.4, -0.2) is 44.6 Å². The number of nitrogens with zero attached hydrogens (tertiary/aromatic N) is 2. The minimum atomic E-state index is -3.80. The molecule has 2 aliphatic rings. The predicted molar refractivity (Wildman–Crippen MR) is 130 cm³/mol. The molecule has 2 fully saturated rings. The summed E-state index contributed by atoms with van der Waals surface area (Å²) in [5.74, 6) is 0.320. The van der Waals surface area contributed by atoms with Gasteiger partial charge in [-0.1, -0.05) is 43.5 Å². The van der Waals surface area contributed by atoms with Gasteiger partial charge in [0.25, 0.3) is 0 Å².